The molecular weight excluding hydrogens is 489 g/mol. The van der Waals surface area contributed by atoms with Crippen LogP contribution in [0.2, 0.25) is 0 Å². The van der Waals surface area contributed by atoms with E-state index in [0.717, 1.165) is 53.2 Å². The number of carbonyl (C=O) groups excluding carboxylic acids is 1. The van der Waals surface area contributed by atoms with Gasteiger partial charge in [-0.1, -0.05) is 18.2 Å². The second-order valence-corrected chi connectivity index (χ2v) is 8.73. The van der Waals surface area contributed by atoms with Crippen molar-refractivity contribution in [1.82, 2.24) is 14.5 Å². The van der Waals surface area contributed by atoms with Gasteiger partial charge in [-0.3, -0.25) is 4.79 Å². The summed E-state index contributed by atoms with van der Waals surface area (Å²) in [7, 11) is 1.66. The molecule has 0 aliphatic carbocycles. The van der Waals surface area contributed by atoms with Crippen LogP contribution in [-0.4, -0.2) is 34.0 Å². The van der Waals surface area contributed by atoms with E-state index in [4.69, 9.17) is 4.74 Å². The quantitative estimate of drug-likeness (QED) is 0.357. The summed E-state index contributed by atoms with van der Waals surface area (Å²) in [5.74, 6) is 0.870. The van der Waals surface area contributed by atoms with Crippen molar-refractivity contribution >= 4 is 34.6 Å². The maximum Gasteiger partial charge on any atom is 0.250 e. The number of amides is 1. The summed E-state index contributed by atoms with van der Waals surface area (Å²) in [6.45, 7) is 3.40. The van der Waals surface area contributed by atoms with Crippen LogP contribution in [0.25, 0.3) is 11.8 Å². The van der Waals surface area contributed by atoms with Crippen molar-refractivity contribution in [2.24, 2.45) is 0 Å². The predicted molar refractivity (Wildman–Crippen MR) is 127 cm³/mol. The average molecular weight is 513 g/mol. The van der Waals surface area contributed by atoms with Crippen LogP contribution in [0.3, 0.4) is 0 Å². The molecule has 154 valence electrons. The number of piperidine rings is 1. The van der Waals surface area contributed by atoms with Gasteiger partial charge in [-0.15, -0.1) is 0 Å². The maximum atomic E-state index is 13.1. The highest BCUT2D eigenvalue weighted by molar-refractivity contribution is 14.1. The minimum absolute atomic E-state index is 0.119. The Morgan fingerprint density at radius 3 is 2.83 bits per heavy atom. The smallest absolute Gasteiger partial charge is 0.250 e. The molecule has 0 atom stereocenters. The number of carbonyl (C=O) groups is 1. The normalized spacial score (nSPS) is 15.6. The minimum Gasteiger partial charge on any atom is -0.495 e. The number of nitrogens with zero attached hydrogens (tertiary/aromatic N) is 3. The van der Waals surface area contributed by atoms with E-state index in [1.54, 1.807) is 13.4 Å². The molecule has 2 heterocycles. The van der Waals surface area contributed by atoms with Gasteiger partial charge in [0.15, 0.2) is 0 Å². The Kier molecular flexibility index (Phi) is 6.22. The van der Waals surface area contributed by atoms with Crippen LogP contribution < -0.4 is 4.74 Å². The summed E-state index contributed by atoms with van der Waals surface area (Å²) >= 11 is 2.31. The first kappa shape index (κ1) is 20.7. The van der Waals surface area contributed by atoms with E-state index in [1.165, 1.54) is 3.57 Å². The molecule has 1 aliphatic heterocycles. The molecule has 3 aromatic rings. The SMILES string of the molecule is COc1cc(C=C2CCCN(Cc3cccc(I)c3)C2=O)ccc1-n1cnc(C)c1. The Balaban J connectivity index is 1.56. The number of methoxy groups -OCH3 is 1. The highest BCUT2D eigenvalue weighted by atomic mass is 127. The number of aryl methyl sites for hydroxylation is 1. The van der Waals surface area contributed by atoms with E-state index in [1.807, 2.05) is 52.9 Å². The third-order valence-electron chi connectivity index (χ3n) is 5.23. The summed E-state index contributed by atoms with van der Waals surface area (Å²) in [5, 5.41) is 0. The van der Waals surface area contributed by atoms with Gasteiger partial charge in [0.2, 0.25) is 5.91 Å². The lowest BCUT2D eigenvalue weighted by Crippen LogP contribution is -2.36. The van der Waals surface area contributed by atoms with Gasteiger partial charge >= 0.3 is 0 Å². The van der Waals surface area contributed by atoms with Crippen molar-refractivity contribution in [1.29, 1.82) is 0 Å². The zero-order chi connectivity index (χ0) is 21.1. The van der Waals surface area contributed by atoms with Crippen LogP contribution in [0.4, 0.5) is 0 Å². The lowest BCUT2D eigenvalue weighted by molar-refractivity contribution is -0.129. The lowest BCUT2D eigenvalue weighted by atomic mass is 10.00. The summed E-state index contributed by atoms with van der Waals surface area (Å²) < 4.78 is 8.73. The number of imidazole rings is 1. The molecule has 0 N–H and O–H groups in total. The van der Waals surface area contributed by atoms with E-state index in [2.05, 4.69) is 45.8 Å². The predicted octanol–water partition coefficient (Wildman–Crippen LogP) is 5.00. The van der Waals surface area contributed by atoms with E-state index in [-0.39, 0.29) is 5.91 Å². The molecule has 1 fully saturated rings. The van der Waals surface area contributed by atoms with Gasteiger partial charge in [-0.25, -0.2) is 4.98 Å². The summed E-state index contributed by atoms with van der Waals surface area (Å²) in [4.78, 5) is 19.3. The van der Waals surface area contributed by atoms with E-state index in [0.29, 0.717) is 6.54 Å². The number of hydrogen-bond acceptors (Lipinski definition) is 3. The number of rotatable bonds is 5. The topological polar surface area (TPSA) is 47.4 Å². The molecular formula is C24H24IN3O2. The van der Waals surface area contributed by atoms with Crippen LogP contribution in [-0.2, 0) is 11.3 Å². The highest BCUT2D eigenvalue weighted by Crippen LogP contribution is 2.28. The van der Waals surface area contributed by atoms with Crippen molar-refractivity contribution in [2.45, 2.75) is 26.3 Å². The molecule has 1 amide bonds. The molecule has 0 saturated carbocycles. The Labute approximate surface area is 190 Å². The Hall–Kier alpha value is -2.61. The maximum absolute atomic E-state index is 13.1. The van der Waals surface area contributed by atoms with Crippen LogP contribution in [0, 0.1) is 10.5 Å². The number of likely N-dealkylation sites (tertiary alicyclic amines) is 1. The molecule has 1 saturated heterocycles. The van der Waals surface area contributed by atoms with Crippen molar-refractivity contribution in [3.63, 3.8) is 0 Å². The second kappa shape index (κ2) is 9.04. The van der Waals surface area contributed by atoms with Crippen molar-refractivity contribution in [3.8, 4) is 11.4 Å². The largest absolute Gasteiger partial charge is 0.495 e. The lowest BCUT2D eigenvalue weighted by Gasteiger charge is -2.28. The first-order valence-corrected chi connectivity index (χ1v) is 11.0. The standard InChI is InChI=1S/C24H24IN3O2/c1-17-14-28(16-26-17)22-9-8-18(13-23(22)30-2)11-20-6-4-10-27(24(20)29)15-19-5-3-7-21(25)12-19/h3,5,7-9,11-14,16H,4,6,10,15H2,1-2H3. The number of benzene rings is 2. The third-order valence-corrected chi connectivity index (χ3v) is 5.90. The molecule has 0 bridgehead atoms. The van der Waals surface area contributed by atoms with E-state index < -0.39 is 0 Å². The molecule has 0 radical (unpaired) electrons. The molecule has 30 heavy (non-hydrogen) atoms. The zero-order valence-corrected chi connectivity index (χ0v) is 19.3. The van der Waals surface area contributed by atoms with Crippen molar-refractivity contribution in [2.75, 3.05) is 13.7 Å². The number of hydrogen-bond donors (Lipinski definition) is 0. The van der Waals surface area contributed by atoms with Gasteiger partial charge in [0, 0.05) is 28.4 Å². The fourth-order valence-electron chi connectivity index (χ4n) is 3.76. The second-order valence-electron chi connectivity index (χ2n) is 7.48. The van der Waals surface area contributed by atoms with Crippen molar-refractivity contribution in [3.05, 3.63) is 81.0 Å². The van der Waals surface area contributed by atoms with E-state index in [9.17, 15) is 4.79 Å². The van der Waals surface area contributed by atoms with Gasteiger partial charge in [-0.05, 0) is 83.8 Å². The first-order chi connectivity index (χ1) is 14.5. The monoisotopic (exact) mass is 513 g/mol. The average Bonchev–Trinajstić information content (AvgIpc) is 3.17. The molecule has 1 aromatic heterocycles. The minimum atomic E-state index is 0.119. The Morgan fingerprint density at radius 1 is 1.23 bits per heavy atom. The first-order valence-electron chi connectivity index (χ1n) is 9.97. The number of aromatic nitrogens is 2. The summed E-state index contributed by atoms with van der Waals surface area (Å²) in [6, 6.07) is 14.3. The fraction of sp³-hybridized carbons (Fsp3) is 0.250. The Morgan fingerprint density at radius 2 is 2.10 bits per heavy atom. The van der Waals surface area contributed by atoms with Crippen molar-refractivity contribution < 1.29 is 9.53 Å². The van der Waals surface area contributed by atoms with Gasteiger partial charge in [0.25, 0.3) is 0 Å². The van der Waals surface area contributed by atoms with Gasteiger partial charge in [-0.2, -0.15) is 0 Å². The van der Waals surface area contributed by atoms with Crippen LogP contribution in [0.1, 0.15) is 29.7 Å². The number of halogens is 1. The fourth-order valence-corrected chi connectivity index (χ4v) is 4.37. The third kappa shape index (κ3) is 4.59. The molecule has 1 aliphatic rings. The van der Waals surface area contributed by atoms with Crippen LogP contribution >= 0.6 is 22.6 Å². The summed E-state index contributed by atoms with van der Waals surface area (Å²) in [5.41, 5.74) is 4.85. The van der Waals surface area contributed by atoms with Gasteiger partial charge in [0.05, 0.1) is 24.8 Å². The molecule has 0 spiro atoms. The number of ether oxygens (including phenoxy) is 1. The molecule has 2 aromatic carbocycles. The molecule has 5 nitrogen and oxygen atoms in total. The molecule has 6 heteroatoms. The van der Waals surface area contributed by atoms with Gasteiger partial charge in [0.1, 0.15) is 5.75 Å². The summed E-state index contributed by atoms with van der Waals surface area (Å²) in [6.07, 6.45) is 7.51. The van der Waals surface area contributed by atoms with Crippen LogP contribution in [0.15, 0.2) is 60.6 Å². The molecule has 0 unspecified atom stereocenters. The van der Waals surface area contributed by atoms with Gasteiger partial charge < -0.3 is 14.2 Å². The highest BCUT2D eigenvalue weighted by Gasteiger charge is 2.23. The zero-order valence-electron chi connectivity index (χ0n) is 17.1. The Bertz CT molecular complexity index is 1100. The van der Waals surface area contributed by atoms with Crippen LogP contribution in [0.5, 0.6) is 5.75 Å². The molecule has 4 rings (SSSR count). The van der Waals surface area contributed by atoms with E-state index >= 15 is 0 Å².